The van der Waals surface area contributed by atoms with E-state index in [-0.39, 0.29) is 17.6 Å². The topological polar surface area (TPSA) is 84.0 Å². The number of thiophene rings is 1. The number of benzene rings is 2. The van der Waals surface area contributed by atoms with E-state index in [0.717, 1.165) is 25.7 Å². The van der Waals surface area contributed by atoms with Crippen molar-refractivity contribution < 1.29 is 9.59 Å². The van der Waals surface area contributed by atoms with Gasteiger partial charge in [0, 0.05) is 15.8 Å². The molecule has 0 saturated heterocycles. The third kappa shape index (κ3) is 4.61. The average Bonchev–Trinajstić information content (AvgIpc) is 3.22. The van der Waals surface area contributed by atoms with Crippen LogP contribution in [-0.2, 0) is 4.79 Å². The Bertz CT molecular complexity index is 1150. The van der Waals surface area contributed by atoms with Crippen molar-refractivity contribution in [2.24, 2.45) is 0 Å². The number of fused-ring (bicyclic) bond motifs is 1. The van der Waals surface area contributed by atoms with Gasteiger partial charge in [0.05, 0.1) is 5.75 Å². The molecule has 0 fully saturated rings. The van der Waals surface area contributed by atoms with Crippen LogP contribution < -0.4 is 10.9 Å². The summed E-state index contributed by atoms with van der Waals surface area (Å²) in [4.78, 5) is 34.7. The van der Waals surface area contributed by atoms with Crippen molar-refractivity contribution in [3.05, 3.63) is 78.6 Å². The molecule has 0 radical (unpaired) electrons. The fourth-order valence-corrected chi connectivity index (χ4v) is 4.49. The lowest BCUT2D eigenvalue weighted by molar-refractivity contribution is -0.119. The molecule has 4 aromatic rings. The zero-order valence-electron chi connectivity index (χ0n) is 15.2. The number of thioether (sulfide) groups is 1. The van der Waals surface area contributed by atoms with Gasteiger partial charge in [-0.05, 0) is 23.8 Å². The van der Waals surface area contributed by atoms with Crippen LogP contribution in [0.5, 0.6) is 0 Å². The van der Waals surface area contributed by atoms with Gasteiger partial charge in [-0.15, -0.1) is 11.3 Å². The van der Waals surface area contributed by atoms with Crippen molar-refractivity contribution in [3.8, 4) is 10.4 Å². The van der Waals surface area contributed by atoms with Gasteiger partial charge in [0.15, 0.2) is 0 Å². The highest BCUT2D eigenvalue weighted by molar-refractivity contribution is 8.00. The van der Waals surface area contributed by atoms with E-state index in [9.17, 15) is 9.59 Å². The molecule has 2 aromatic carbocycles. The maximum absolute atomic E-state index is 12.1. The van der Waals surface area contributed by atoms with Gasteiger partial charge in [-0.2, -0.15) is 0 Å². The predicted octanol–water partition coefficient (Wildman–Crippen LogP) is 3.91. The molecule has 0 aliphatic carbocycles. The summed E-state index contributed by atoms with van der Waals surface area (Å²) in [7, 11) is 0. The highest BCUT2D eigenvalue weighted by atomic mass is 32.2. The number of hydrogen-bond donors (Lipinski definition) is 2. The lowest BCUT2D eigenvalue weighted by Gasteiger charge is -2.07. The van der Waals surface area contributed by atoms with Crippen molar-refractivity contribution >= 4 is 45.1 Å². The summed E-state index contributed by atoms with van der Waals surface area (Å²) >= 11 is 2.89. The van der Waals surface area contributed by atoms with Crippen LogP contribution in [0, 0.1) is 0 Å². The van der Waals surface area contributed by atoms with Gasteiger partial charge >= 0.3 is 0 Å². The van der Waals surface area contributed by atoms with E-state index < -0.39 is 0 Å². The van der Waals surface area contributed by atoms with Crippen molar-refractivity contribution in [2.45, 2.75) is 5.03 Å². The Morgan fingerprint density at radius 1 is 0.931 bits per heavy atom. The normalized spacial score (nSPS) is 10.6. The van der Waals surface area contributed by atoms with Crippen LogP contribution in [0.15, 0.2) is 78.1 Å². The Morgan fingerprint density at radius 2 is 1.66 bits per heavy atom. The quantitative estimate of drug-likeness (QED) is 0.291. The molecule has 0 bridgehead atoms. The zero-order valence-corrected chi connectivity index (χ0v) is 16.8. The van der Waals surface area contributed by atoms with Gasteiger partial charge in [0.25, 0.3) is 5.91 Å². The first-order valence-corrected chi connectivity index (χ1v) is 10.6. The van der Waals surface area contributed by atoms with Crippen LogP contribution in [0.1, 0.15) is 10.4 Å². The first-order chi connectivity index (χ1) is 14.2. The number of nitrogens with one attached hydrogen (secondary N) is 2. The number of hydrazine groups is 1. The minimum Gasteiger partial charge on any atom is -0.272 e. The van der Waals surface area contributed by atoms with E-state index in [2.05, 4.69) is 20.8 Å². The maximum atomic E-state index is 12.1. The van der Waals surface area contributed by atoms with E-state index in [1.807, 2.05) is 42.5 Å². The maximum Gasteiger partial charge on any atom is 0.269 e. The highest BCUT2D eigenvalue weighted by Gasteiger charge is 2.13. The first kappa shape index (κ1) is 19.1. The Kier molecular flexibility index (Phi) is 5.83. The molecule has 2 N–H and O–H groups in total. The fraction of sp³-hybridized carbons (Fsp3) is 0.0476. The Balaban J connectivity index is 1.40. The van der Waals surface area contributed by atoms with Crippen molar-refractivity contribution in [3.63, 3.8) is 0 Å². The number of carbonyl (C=O) groups excluding carboxylic acids is 2. The second kappa shape index (κ2) is 8.85. The molecule has 0 atom stereocenters. The molecule has 2 amide bonds. The summed E-state index contributed by atoms with van der Waals surface area (Å²) in [6.07, 6.45) is 1.50. The Hall–Kier alpha value is -3.23. The molecule has 0 aliphatic rings. The van der Waals surface area contributed by atoms with Gasteiger partial charge < -0.3 is 0 Å². The first-order valence-electron chi connectivity index (χ1n) is 8.78. The number of hydrogen-bond acceptors (Lipinski definition) is 6. The third-order valence-corrected chi connectivity index (χ3v) is 6.14. The molecule has 0 spiro atoms. The van der Waals surface area contributed by atoms with Gasteiger partial charge in [-0.1, -0.05) is 60.3 Å². The standard InChI is InChI=1S/C21H16N4O2S2/c26-18(24-25-19(27)15-9-5-2-6-10-15)12-28-20-16-11-17(14-7-3-1-4-8-14)29-21(16)23-13-22-20/h1-11,13H,12H2,(H,24,26)(H,25,27). The molecule has 0 unspecified atom stereocenters. The van der Waals surface area contributed by atoms with E-state index in [1.54, 1.807) is 35.6 Å². The van der Waals surface area contributed by atoms with Gasteiger partial charge in [-0.3, -0.25) is 20.4 Å². The second-order valence-electron chi connectivity index (χ2n) is 6.03. The molecular weight excluding hydrogens is 404 g/mol. The highest BCUT2D eigenvalue weighted by Crippen LogP contribution is 2.35. The summed E-state index contributed by atoms with van der Waals surface area (Å²) < 4.78 is 0. The molecule has 2 aromatic heterocycles. The lowest BCUT2D eigenvalue weighted by atomic mass is 10.2. The van der Waals surface area contributed by atoms with Crippen molar-refractivity contribution in [1.82, 2.24) is 20.8 Å². The van der Waals surface area contributed by atoms with Gasteiger partial charge in [-0.25, -0.2) is 9.97 Å². The molecular formula is C21H16N4O2S2. The van der Waals surface area contributed by atoms with Crippen molar-refractivity contribution in [1.29, 1.82) is 0 Å². The summed E-state index contributed by atoms with van der Waals surface area (Å²) in [5.41, 5.74) is 6.44. The lowest BCUT2D eigenvalue weighted by Crippen LogP contribution is -2.42. The average molecular weight is 421 g/mol. The Morgan fingerprint density at radius 3 is 2.41 bits per heavy atom. The summed E-state index contributed by atoms with van der Waals surface area (Å²) in [6, 6.07) is 20.8. The molecule has 0 saturated carbocycles. The SMILES string of the molecule is O=C(CSc1ncnc2sc(-c3ccccc3)cc12)NNC(=O)c1ccccc1. The molecule has 4 rings (SSSR count). The third-order valence-electron chi connectivity index (χ3n) is 4.04. The predicted molar refractivity (Wildman–Crippen MR) is 116 cm³/mol. The van der Waals surface area contributed by atoms with Gasteiger partial charge in [0.2, 0.25) is 5.91 Å². The van der Waals surface area contributed by atoms with Gasteiger partial charge in [0.1, 0.15) is 16.2 Å². The van der Waals surface area contributed by atoms with Crippen LogP contribution >= 0.6 is 23.1 Å². The second-order valence-corrected chi connectivity index (χ2v) is 8.03. The summed E-state index contributed by atoms with van der Waals surface area (Å²) in [6.45, 7) is 0. The van der Waals surface area contributed by atoms with Crippen LogP contribution in [-0.4, -0.2) is 27.5 Å². The van der Waals surface area contributed by atoms with Crippen LogP contribution in [0.3, 0.4) is 0 Å². The van der Waals surface area contributed by atoms with E-state index >= 15 is 0 Å². The van der Waals surface area contributed by atoms with Crippen LogP contribution in [0.4, 0.5) is 0 Å². The fourth-order valence-electron chi connectivity index (χ4n) is 2.65. The number of carbonyl (C=O) groups is 2. The number of nitrogens with zero attached hydrogens (tertiary/aromatic N) is 2. The van der Waals surface area contributed by atoms with E-state index in [1.165, 1.54) is 18.1 Å². The van der Waals surface area contributed by atoms with E-state index in [4.69, 9.17) is 0 Å². The minimum absolute atomic E-state index is 0.123. The monoisotopic (exact) mass is 420 g/mol. The molecule has 6 nitrogen and oxygen atoms in total. The minimum atomic E-state index is -0.362. The molecule has 2 heterocycles. The largest absolute Gasteiger partial charge is 0.272 e. The molecule has 144 valence electrons. The number of aromatic nitrogens is 2. The number of rotatable bonds is 5. The molecule has 0 aliphatic heterocycles. The smallest absolute Gasteiger partial charge is 0.269 e. The van der Waals surface area contributed by atoms with Crippen LogP contribution in [0.2, 0.25) is 0 Å². The molecule has 8 heteroatoms. The summed E-state index contributed by atoms with van der Waals surface area (Å²) in [5.74, 6) is -0.555. The van der Waals surface area contributed by atoms with Crippen LogP contribution in [0.25, 0.3) is 20.7 Å². The molecule has 29 heavy (non-hydrogen) atoms. The summed E-state index contributed by atoms with van der Waals surface area (Å²) in [5, 5.41) is 1.65. The number of amides is 2. The Labute approximate surface area is 175 Å². The van der Waals surface area contributed by atoms with E-state index in [0.29, 0.717) is 5.56 Å². The van der Waals surface area contributed by atoms with Crippen molar-refractivity contribution in [2.75, 3.05) is 5.75 Å². The zero-order chi connectivity index (χ0) is 20.1.